The maximum absolute atomic E-state index is 6.66. The fourth-order valence-corrected chi connectivity index (χ4v) is 9.63. The van der Waals surface area contributed by atoms with Gasteiger partial charge in [0, 0.05) is 48.0 Å². The van der Waals surface area contributed by atoms with Gasteiger partial charge in [0.15, 0.2) is 5.82 Å². The first-order valence-corrected chi connectivity index (χ1v) is 18.1. The van der Waals surface area contributed by atoms with E-state index in [-0.39, 0.29) is 0 Å². The number of thiophene rings is 1. The van der Waals surface area contributed by atoms with Crippen LogP contribution >= 0.6 is 11.3 Å². The maximum atomic E-state index is 6.66. The van der Waals surface area contributed by atoms with E-state index in [0.717, 1.165) is 50.7 Å². The molecule has 0 saturated heterocycles. The Balaban J connectivity index is 1.31. The van der Waals surface area contributed by atoms with E-state index in [0.29, 0.717) is 5.82 Å². The molecule has 1 aliphatic heterocycles. The molecule has 11 rings (SSSR count). The van der Waals surface area contributed by atoms with Gasteiger partial charge in [-0.15, -0.1) is 11.3 Å². The SMILES string of the molecule is c1ccc(-c2cc(-c3cccc4c3-c3c(ccc5sc6ccccc6c35)C43c4ccccc4Oc4ccccc43)nc(-c3ccccc3)n2)cc1. The van der Waals surface area contributed by atoms with Crippen molar-refractivity contribution in [3.8, 4) is 56.5 Å². The molecule has 0 radical (unpaired) electrons. The molecule has 0 amide bonds. The highest BCUT2D eigenvalue weighted by Gasteiger charge is 2.52. The molecule has 0 atom stereocenters. The summed E-state index contributed by atoms with van der Waals surface area (Å²) in [5, 5.41) is 2.57. The Morgan fingerprint density at radius 3 is 1.82 bits per heavy atom. The van der Waals surface area contributed by atoms with Crippen LogP contribution in [0.15, 0.2) is 170 Å². The lowest BCUT2D eigenvalue weighted by Crippen LogP contribution is -2.32. The Morgan fingerprint density at radius 1 is 0.451 bits per heavy atom. The van der Waals surface area contributed by atoms with Crippen LogP contribution in [0.3, 0.4) is 0 Å². The molecule has 1 spiro atoms. The van der Waals surface area contributed by atoms with E-state index in [4.69, 9.17) is 14.7 Å². The fourth-order valence-electron chi connectivity index (χ4n) is 8.51. The van der Waals surface area contributed by atoms with Crippen LogP contribution in [0.2, 0.25) is 0 Å². The summed E-state index contributed by atoms with van der Waals surface area (Å²) in [5.41, 5.74) is 11.6. The van der Waals surface area contributed by atoms with Crippen LogP contribution in [-0.4, -0.2) is 9.97 Å². The predicted molar refractivity (Wildman–Crippen MR) is 209 cm³/mol. The molecule has 3 heterocycles. The lowest BCUT2D eigenvalue weighted by molar-refractivity contribution is 0.436. The van der Waals surface area contributed by atoms with Crippen molar-refractivity contribution in [3.05, 3.63) is 192 Å². The summed E-state index contributed by atoms with van der Waals surface area (Å²) < 4.78 is 9.23. The molecule has 238 valence electrons. The van der Waals surface area contributed by atoms with Crippen molar-refractivity contribution in [2.75, 3.05) is 0 Å². The lowest BCUT2D eigenvalue weighted by atomic mass is 9.66. The third kappa shape index (κ3) is 3.99. The Hall–Kier alpha value is -6.36. The Labute approximate surface area is 299 Å². The van der Waals surface area contributed by atoms with Crippen LogP contribution in [0.5, 0.6) is 11.5 Å². The van der Waals surface area contributed by atoms with E-state index in [1.165, 1.54) is 42.4 Å². The van der Waals surface area contributed by atoms with Crippen LogP contribution in [0.25, 0.3) is 65.2 Å². The van der Waals surface area contributed by atoms with E-state index >= 15 is 0 Å². The van der Waals surface area contributed by atoms with Gasteiger partial charge in [0.1, 0.15) is 11.5 Å². The van der Waals surface area contributed by atoms with Gasteiger partial charge in [-0.05, 0) is 52.6 Å². The molecule has 9 aromatic rings. The molecule has 0 fully saturated rings. The Kier molecular flexibility index (Phi) is 6.04. The largest absolute Gasteiger partial charge is 0.457 e. The summed E-state index contributed by atoms with van der Waals surface area (Å²) in [6.07, 6.45) is 0. The van der Waals surface area contributed by atoms with Gasteiger partial charge in [-0.3, -0.25) is 0 Å². The van der Waals surface area contributed by atoms with E-state index in [9.17, 15) is 0 Å². The number of rotatable bonds is 3. The monoisotopic (exact) mass is 668 g/mol. The van der Waals surface area contributed by atoms with Crippen LogP contribution in [-0.2, 0) is 5.41 Å². The molecule has 51 heavy (non-hydrogen) atoms. The van der Waals surface area contributed by atoms with Crippen molar-refractivity contribution in [1.82, 2.24) is 9.97 Å². The number of para-hydroxylation sites is 2. The molecule has 0 unspecified atom stereocenters. The summed E-state index contributed by atoms with van der Waals surface area (Å²) in [6.45, 7) is 0. The van der Waals surface area contributed by atoms with Gasteiger partial charge >= 0.3 is 0 Å². The zero-order valence-corrected chi connectivity index (χ0v) is 28.2. The third-order valence-electron chi connectivity index (χ3n) is 10.6. The van der Waals surface area contributed by atoms with Gasteiger partial charge in [-0.2, -0.15) is 0 Å². The molecular formula is C47H28N2OS. The van der Waals surface area contributed by atoms with Crippen molar-refractivity contribution in [2.24, 2.45) is 0 Å². The number of nitrogens with zero attached hydrogens (tertiary/aromatic N) is 2. The first kappa shape index (κ1) is 28.5. The minimum Gasteiger partial charge on any atom is -0.457 e. The van der Waals surface area contributed by atoms with E-state index < -0.39 is 5.41 Å². The number of fused-ring (bicyclic) bond motifs is 13. The highest BCUT2D eigenvalue weighted by Crippen LogP contribution is 2.65. The molecule has 0 N–H and O–H groups in total. The van der Waals surface area contributed by atoms with Crippen LogP contribution in [0, 0.1) is 0 Å². The van der Waals surface area contributed by atoms with E-state index in [1.54, 1.807) is 0 Å². The van der Waals surface area contributed by atoms with Crippen molar-refractivity contribution in [3.63, 3.8) is 0 Å². The first-order valence-electron chi connectivity index (χ1n) is 17.2. The zero-order chi connectivity index (χ0) is 33.5. The normalized spacial score (nSPS) is 13.4. The zero-order valence-electron chi connectivity index (χ0n) is 27.4. The van der Waals surface area contributed by atoms with Crippen LogP contribution < -0.4 is 4.74 Å². The van der Waals surface area contributed by atoms with Crippen LogP contribution in [0.4, 0.5) is 0 Å². The number of aromatic nitrogens is 2. The topological polar surface area (TPSA) is 35.0 Å². The summed E-state index contributed by atoms with van der Waals surface area (Å²) in [6, 6.07) is 60.3. The van der Waals surface area contributed by atoms with Crippen molar-refractivity contribution < 1.29 is 4.74 Å². The Morgan fingerprint density at radius 2 is 1.06 bits per heavy atom. The molecule has 2 aliphatic rings. The standard InChI is InChI=1S/C47H28N2OS/c1-3-14-29(15-4-1)37-28-38(49-46(48-37)30-16-5-2-6-17-30)31-19-13-22-35-43(31)45-36(26-27-42-44(45)32-18-7-12-25-41(32)51-42)47(35)33-20-8-10-23-39(33)50-40-24-11-9-21-34(40)47/h1-28H. The maximum Gasteiger partial charge on any atom is 0.160 e. The lowest BCUT2D eigenvalue weighted by Gasteiger charge is -2.39. The average Bonchev–Trinajstić information content (AvgIpc) is 3.72. The minimum absolute atomic E-state index is 0.596. The number of hydrogen-bond donors (Lipinski definition) is 0. The van der Waals surface area contributed by atoms with E-state index in [2.05, 4.69) is 146 Å². The van der Waals surface area contributed by atoms with Crippen LogP contribution in [0.1, 0.15) is 22.3 Å². The second-order valence-electron chi connectivity index (χ2n) is 13.2. The summed E-state index contributed by atoms with van der Waals surface area (Å²) in [4.78, 5) is 10.5. The summed E-state index contributed by atoms with van der Waals surface area (Å²) in [7, 11) is 0. The smallest absolute Gasteiger partial charge is 0.160 e. The van der Waals surface area contributed by atoms with Crippen molar-refractivity contribution >= 4 is 31.5 Å². The van der Waals surface area contributed by atoms with E-state index in [1.807, 2.05) is 35.6 Å². The van der Waals surface area contributed by atoms with Gasteiger partial charge in [0.2, 0.25) is 0 Å². The number of ether oxygens (including phenoxy) is 1. The molecule has 4 heteroatoms. The third-order valence-corrected chi connectivity index (χ3v) is 11.7. The van der Waals surface area contributed by atoms with Crippen molar-refractivity contribution in [2.45, 2.75) is 5.41 Å². The highest BCUT2D eigenvalue weighted by atomic mass is 32.1. The van der Waals surface area contributed by atoms with Gasteiger partial charge in [-0.1, -0.05) is 140 Å². The molecule has 0 saturated carbocycles. The molecule has 0 bridgehead atoms. The fraction of sp³-hybridized carbons (Fsp3) is 0.0213. The first-order chi connectivity index (χ1) is 25.3. The highest BCUT2D eigenvalue weighted by molar-refractivity contribution is 7.26. The second kappa shape index (κ2) is 10.8. The number of hydrogen-bond acceptors (Lipinski definition) is 4. The summed E-state index contributed by atoms with van der Waals surface area (Å²) >= 11 is 1.86. The molecule has 3 nitrogen and oxygen atoms in total. The second-order valence-corrected chi connectivity index (χ2v) is 14.3. The van der Waals surface area contributed by atoms with Gasteiger partial charge in [0.05, 0.1) is 16.8 Å². The van der Waals surface area contributed by atoms with Gasteiger partial charge in [-0.25, -0.2) is 9.97 Å². The number of benzene rings is 7. The minimum atomic E-state index is -0.596. The molecule has 1 aliphatic carbocycles. The van der Waals surface area contributed by atoms with Crippen molar-refractivity contribution in [1.29, 1.82) is 0 Å². The van der Waals surface area contributed by atoms with Gasteiger partial charge in [0.25, 0.3) is 0 Å². The molecule has 7 aromatic carbocycles. The summed E-state index contributed by atoms with van der Waals surface area (Å²) in [5.74, 6) is 2.48. The molecular weight excluding hydrogens is 641 g/mol. The quantitative estimate of drug-likeness (QED) is 0.188. The Bertz CT molecular complexity index is 2740. The van der Waals surface area contributed by atoms with Gasteiger partial charge < -0.3 is 4.74 Å². The predicted octanol–water partition coefficient (Wildman–Crippen LogP) is 12.3. The average molecular weight is 669 g/mol. The molecule has 2 aromatic heterocycles.